The van der Waals surface area contributed by atoms with Crippen molar-refractivity contribution in [2.24, 2.45) is 0 Å². The average Bonchev–Trinajstić information content (AvgIpc) is 2.56. The molecule has 23 heavy (non-hydrogen) atoms. The van der Waals surface area contributed by atoms with Crippen LogP contribution in [0.5, 0.6) is 6.01 Å². The number of piperidine rings is 1. The largest absolute Gasteiger partial charge is 0.459 e. The van der Waals surface area contributed by atoms with E-state index >= 15 is 0 Å². The van der Waals surface area contributed by atoms with Gasteiger partial charge >= 0.3 is 6.01 Å². The molecule has 8 heteroatoms. The van der Waals surface area contributed by atoms with E-state index < -0.39 is 10.0 Å². The van der Waals surface area contributed by atoms with Crippen molar-refractivity contribution in [1.29, 1.82) is 0 Å². The van der Waals surface area contributed by atoms with Gasteiger partial charge in [-0.1, -0.05) is 15.9 Å². The Kier molecular flexibility index (Phi) is 4.93. The first kappa shape index (κ1) is 16.4. The molecular weight excluding hydrogens is 382 g/mol. The highest BCUT2D eigenvalue weighted by Gasteiger charge is 2.31. The Bertz CT molecular complexity index is 753. The zero-order chi connectivity index (χ0) is 16.3. The highest BCUT2D eigenvalue weighted by atomic mass is 79.9. The molecule has 1 aromatic carbocycles. The fraction of sp³-hybridized carbons (Fsp3) is 0.333. The van der Waals surface area contributed by atoms with E-state index in [9.17, 15) is 8.42 Å². The van der Waals surface area contributed by atoms with Gasteiger partial charge < -0.3 is 4.74 Å². The molecule has 0 unspecified atom stereocenters. The van der Waals surface area contributed by atoms with Crippen LogP contribution in [0.4, 0.5) is 0 Å². The minimum atomic E-state index is -3.51. The molecule has 0 radical (unpaired) electrons. The monoisotopic (exact) mass is 397 g/mol. The minimum Gasteiger partial charge on any atom is -0.459 e. The zero-order valence-electron chi connectivity index (χ0n) is 12.3. The fourth-order valence-electron chi connectivity index (χ4n) is 2.47. The predicted octanol–water partition coefficient (Wildman–Crippen LogP) is 2.47. The molecule has 0 amide bonds. The summed E-state index contributed by atoms with van der Waals surface area (Å²) in [4.78, 5) is 8.33. The van der Waals surface area contributed by atoms with Crippen LogP contribution in [-0.4, -0.2) is 41.9 Å². The summed E-state index contributed by atoms with van der Waals surface area (Å²) in [6, 6.07) is 8.64. The molecule has 1 saturated heterocycles. The second-order valence-electron chi connectivity index (χ2n) is 5.23. The second kappa shape index (κ2) is 6.94. The van der Waals surface area contributed by atoms with Crippen molar-refractivity contribution in [2.75, 3.05) is 13.1 Å². The molecule has 1 atom stereocenters. The highest BCUT2D eigenvalue weighted by molar-refractivity contribution is 9.10. The molecule has 0 spiro atoms. The molecule has 2 heterocycles. The summed E-state index contributed by atoms with van der Waals surface area (Å²) in [6.07, 6.45) is 4.48. The fourth-order valence-corrected chi connectivity index (χ4v) is 4.24. The number of nitrogens with zero attached hydrogens (tertiary/aromatic N) is 3. The number of sulfonamides is 1. The number of hydrogen-bond acceptors (Lipinski definition) is 5. The zero-order valence-corrected chi connectivity index (χ0v) is 14.7. The molecule has 3 rings (SSSR count). The van der Waals surface area contributed by atoms with E-state index in [1.807, 2.05) is 0 Å². The van der Waals surface area contributed by atoms with Gasteiger partial charge in [-0.25, -0.2) is 18.4 Å². The van der Waals surface area contributed by atoms with Crippen molar-refractivity contribution in [2.45, 2.75) is 23.8 Å². The third kappa shape index (κ3) is 3.88. The van der Waals surface area contributed by atoms with Gasteiger partial charge in [0.15, 0.2) is 0 Å². The van der Waals surface area contributed by atoms with Gasteiger partial charge in [-0.3, -0.25) is 0 Å². The Morgan fingerprint density at radius 2 is 1.87 bits per heavy atom. The topological polar surface area (TPSA) is 72.4 Å². The lowest BCUT2D eigenvalue weighted by atomic mass is 10.1. The first-order valence-electron chi connectivity index (χ1n) is 7.25. The smallest absolute Gasteiger partial charge is 0.316 e. The molecule has 0 aliphatic carbocycles. The van der Waals surface area contributed by atoms with E-state index in [-0.39, 0.29) is 17.0 Å². The van der Waals surface area contributed by atoms with Crippen molar-refractivity contribution in [1.82, 2.24) is 14.3 Å². The van der Waals surface area contributed by atoms with Crippen LogP contribution >= 0.6 is 15.9 Å². The van der Waals surface area contributed by atoms with Gasteiger partial charge in [0.1, 0.15) is 6.10 Å². The highest BCUT2D eigenvalue weighted by Crippen LogP contribution is 2.23. The van der Waals surface area contributed by atoms with E-state index in [4.69, 9.17) is 4.74 Å². The second-order valence-corrected chi connectivity index (χ2v) is 8.08. The van der Waals surface area contributed by atoms with Gasteiger partial charge in [-0.2, -0.15) is 4.31 Å². The van der Waals surface area contributed by atoms with E-state index in [0.29, 0.717) is 13.1 Å². The minimum absolute atomic E-state index is 0.239. The van der Waals surface area contributed by atoms with Crippen LogP contribution in [0.2, 0.25) is 0 Å². The molecule has 1 aromatic heterocycles. The maximum Gasteiger partial charge on any atom is 0.316 e. The molecule has 6 nitrogen and oxygen atoms in total. The number of aromatic nitrogens is 2. The lowest BCUT2D eigenvalue weighted by molar-refractivity contribution is 0.119. The standard InChI is InChI=1S/C15H16BrN3O3S/c16-12-4-6-14(7-5-12)23(20,21)19-10-1-3-13(11-19)22-15-17-8-2-9-18-15/h2,4-9,13H,1,3,10-11H2/t13-/m0/s1. The van der Waals surface area contributed by atoms with Crippen LogP contribution in [-0.2, 0) is 10.0 Å². The van der Waals surface area contributed by atoms with Crippen LogP contribution in [0.25, 0.3) is 0 Å². The van der Waals surface area contributed by atoms with E-state index in [1.165, 1.54) is 4.31 Å². The van der Waals surface area contributed by atoms with Gasteiger partial charge in [-0.15, -0.1) is 0 Å². The van der Waals surface area contributed by atoms with Crippen LogP contribution in [0, 0.1) is 0 Å². The van der Waals surface area contributed by atoms with Crippen LogP contribution < -0.4 is 4.74 Å². The molecule has 0 N–H and O–H groups in total. The van der Waals surface area contributed by atoms with Crippen molar-refractivity contribution in [3.8, 4) is 6.01 Å². The molecule has 1 aliphatic heterocycles. The molecule has 1 aliphatic rings. The first-order valence-corrected chi connectivity index (χ1v) is 9.48. The number of halogens is 1. The summed E-state index contributed by atoms with van der Waals surface area (Å²) >= 11 is 3.31. The van der Waals surface area contributed by atoms with Gasteiger partial charge in [-0.05, 0) is 43.2 Å². The van der Waals surface area contributed by atoms with Crippen molar-refractivity contribution < 1.29 is 13.2 Å². The van der Waals surface area contributed by atoms with Crippen molar-refractivity contribution in [3.05, 3.63) is 47.2 Å². The van der Waals surface area contributed by atoms with Gasteiger partial charge in [0.05, 0.1) is 11.4 Å². The third-order valence-electron chi connectivity index (χ3n) is 3.61. The van der Waals surface area contributed by atoms with Gasteiger partial charge in [0, 0.05) is 23.4 Å². The Hall–Kier alpha value is -1.51. The summed E-state index contributed by atoms with van der Waals surface area (Å²) in [5.41, 5.74) is 0. The normalized spacial score (nSPS) is 19.4. The summed E-state index contributed by atoms with van der Waals surface area (Å²) in [5, 5.41) is 0. The Morgan fingerprint density at radius 1 is 1.17 bits per heavy atom. The van der Waals surface area contributed by atoms with Gasteiger partial charge in [0.2, 0.25) is 10.0 Å². The summed E-state index contributed by atoms with van der Waals surface area (Å²) in [5.74, 6) is 0. The van der Waals surface area contributed by atoms with Crippen LogP contribution in [0.15, 0.2) is 52.1 Å². The van der Waals surface area contributed by atoms with Gasteiger partial charge in [0.25, 0.3) is 0 Å². The molecule has 1 fully saturated rings. The van der Waals surface area contributed by atoms with Crippen molar-refractivity contribution in [3.63, 3.8) is 0 Å². The summed E-state index contributed by atoms with van der Waals surface area (Å²) < 4.78 is 33.5. The maximum absolute atomic E-state index is 12.7. The Morgan fingerprint density at radius 3 is 2.57 bits per heavy atom. The summed E-state index contributed by atoms with van der Waals surface area (Å²) in [6.45, 7) is 0.796. The lowest BCUT2D eigenvalue weighted by Crippen LogP contribution is -2.44. The number of rotatable bonds is 4. The Balaban J connectivity index is 1.74. The maximum atomic E-state index is 12.7. The molecule has 122 valence electrons. The third-order valence-corrected chi connectivity index (χ3v) is 6.01. The first-order chi connectivity index (χ1) is 11.1. The van der Waals surface area contributed by atoms with E-state index in [2.05, 4.69) is 25.9 Å². The summed E-state index contributed by atoms with van der Waals surface area (Å²) in [7, 11) is -3.51. The van der Waals surface area contributed by atoms with Crippen LogP contribution in [0.1, 0.15) is 12.8 Å². The number of ether oxygens (including phenoxy) is 1. The van der Waals surface area contributed by atoms with E-state index in [0.717, 1.165) is 17.3 Å². The quantitative estimate of drug-likeness (QED) is 0.791. The van der Waals surface area contributed by atoms with Crippen LogP contribution in [0.3, 0.4) is 0 Å². The average molecular weight is 398 g/mol. The Labute approximate surface area is 143 Å². The molecule has 2 aromatic rings. The SMILES string of the molecule is O=S(=O)(c1ccc(Br)cc1)N1CCC[C@H](Oc2ncccn2)C1. The predicted molar refractivity (Wildman–Crippen MR) is 88.6 cm³/mol. The number of benzene rings is 1. The molecule has 0 saturated carbocycles. The van der Waals surface area contributed by atoms with Crippen molar-refractivity contribution >= 4 is 26.0 Å². The molecule has 0 bridgehead atoms. The molecular formula is C15H16BrN3O3S. The lowest BCUT2D eigenvalue weighted by Gasteiger charge is -2.31. The van der Waals surface area contributed by atoms with E-state index in [1.54, 1.807) is 42.7 Å². The number of hydrogen-bond donors (Lipinski definition) is 0.